The number of amides is 2. The van der Waals surface area contributed by atoms with Crippen LogP contribution in [0.2, 0.25) is 5.02 Å². The van der Waals surface area contributed by atoms with Gasteiger partial charge in [-0.15, -0.1) is 0 Å². The lowest BCUT2D eigenvalue weighted by Crippen LogP contribution is -2.52. The van der Waals surface area contributed by atoms with Gasteiger partial charge in [-0.25, -0.2) is 8.42 Å². The molecular formula is C30H36ClN3O5S. The Morgan fingerprint density at radius 2 is 1.57 bits per heavy atom. The Kier molecular flexibility index (Phi) is 11.0. The number of carbonyl (C=O) groups is 2. The Hall–Kier alpha value is -3.56. The summed E-state index contributed by atoms with van der Waals surface area (Å²) in [5, 5.41) is 3.35. The molecule has 214 valence electrons. The first-order valence-electron chi connectivity index (χ1n) is 13.1. The Morgan fingerprint density at radius 1 is 0.950 bits per heavy atom. The molecule has 3 rings (SSSR count). The third-order valence-electron chi connectivity index (χ3n) is 6.31. The Morgan fingerprint density at radius 3 is 2.12 bits per heavy atom. The second-order valence-electron chi connectivity index (χ2n) is 9.73. The highest BCUT2D eigenvalue weighted by molar-refractivity contribution is 7.92. The number of nitrogens with zero attached hydrogens (tertiary/aromatic N) is 2. The van der Waals surface area contributed by atoms with Crippen LogP contribution in [0.15, 0.2) is 83.8 Å². The summed E-state index contributed by atoms with van der Waals surface area (Å²) in [6.45, 7) is 5.85. The Balaban J connectivity index is 2.02. The van der Waals surface area contributed by atoms with Crippen molar-refractivity contribution in [3.8, 4) is 5.75 Å². The maximum Gasteiger partial charge on any atom is 0.264 e. The second-order valence-corrected chi connectivity index (χ2v) is 12.0. The summed E-state index contributed by atoms with van der Waals surface area (Å²) in [6.07, 6.45) is 0.345. The van der Waals surface area contributed by atoms with Gasteiger partial charge in [0, 0.05) is 18.1 Å². The van der Waals surface area contributed by atoms with Gasteiger partial charge < -0.3 is 15.0 Å². The minimum absolute atomic E-state index is 0.0428. The molecule has 0 aliphatic carbocycles. The van der Waals surface area contributed by atoms with E-state index in [1.54, 1.807) is 61.7 Å². The average Bonchev–Trinajstić information content (AvgIpc) is 2.95. The van der Waals surface area contributed by atoms with Gasteiger partial charge in [0.15, 0.2) is 0 Å². The Bertz CT molecular complexity index is 1360. The molecule has 0 saturated heterocycles. The zero-order valence-corrected chi connectivity index (χ0v) is 24.8. The highest BCUT2D eigenvalue weighted by Crippen LogP contribution is 2.26. The number of halogens is 1. The van der Waals surface area contributed by atoms with Crippen LogP contribution in [0, 0.1) is 5.92 Å². The number of methoxy groups -OCH3 is 1. The molecule has 0 aromatic heterocycles. The summed E-state index contributed by atoms with van der Waals surface area (Å²) in [5.74, 6) is 0.0775. The molecule has 1 N–H and O–H groups in total. The molecule has 0 bridgehead atoms. The number of benzene rings is 3. The number of carbonyl (C=O) groups excluding carboxylic acids is 2. The molecule has 0 saturated carbocycles. The van der Waals surface area contributed by atoms with Crippen molar-refractivity contribution in [3.63, 3.8) is 0 Å². The minimum Gasteiger partial charge on any atom is -0.497 e. The van der Waals surface area contributed by atoms with Crippen molar-refractivity contribution >= 4 is 39.1 Å². The molecule has 0 heterocycles. The summed E-state index contributed by atoms with van der Waals surface area (Å²) in [4.78, 5) is 28.8. The van der Waals surface area contributed by atoms with Crippen molar-refractivity contribution in [1.29, 1.82) is 0 Å². The van der Waals surface area contributed by atoms with Gasteiger partial charge in [-0.1, -0.05) is 62.7 Å². The lowest BCUT2D eigenvalue weighted by molar-refractivity contribution is -0.140. The van der Waals surface area contributed by atoms with E-state index >= 15 is 0 Å². The molecule has 3 aromatic rings. The van der Waals surface area contributed by atoms with Gasteiger partial charge in [-0.3, -0.25) is 13.9 Å². The van der Waals surface area contributed by atoms with Crippen molar-refractivity contribution < 1.29 is 22.7 Å². The maximum atomic E-state index is 14.0. The molecule has 10 heteroatoms. The van der Waals surface area contributed by atoms with Crippen LogP contribution in [0.4, 0.5) is 5.69 Å². The molecule has 0 fully saturated rings. The predicted molar refractivity (Wildman–Crippen MR) is 158 cm³/mol. The highest BCUT2D eigenvalue weighted by Gasteiger charge is 2.33. The first kappa shape index (κ1) is 31.0. The molecule has 40 heavy (non-hydrogen) atoms. The SMILES string of the molecule is CCC(C(=O)NCC(C)C)N(Cc1ccc(OC)cc1)C(=O)CN(c1ccc(Cl)cc1)S(=O)(=O)c1ccccc1. The summed E-state index contributed by atoms with van der Waals surface area (Å²) < 4.78 is 33.9. The normalized spacial score (nSPS) is 12.1. The van der Waals surface area contributed by atoms with Crippen molar-refractivity contribution in [2.75, 3.05) is 24.5 Å². The average molecular weight is 586 g/mol. The third-order valence-corrected chi connectivity index (χ3v) is 8.35. The van der Waals surface area contributed by atoms with Gasteiger partial charge in [0.1, 0.15) is 18.3 Å². The molecule has 1 atom stereocenters. The molecular weight excluding hydrogens is 550 g/mol. The van der Waals surface area contributed by atoms with Crippen LogP contribution >= 0.6 is 11.6 Å². The zero-order valence-electron chi connectivity index (χ0n) is 23.2. The van der Waals surface area contributed by atoms with E-state index in [9.17, 15) is 18.0 Å². The van der Waals surface area contributed by atoms with E-state index in [4.69, 9.17) is 16.3 Å². The minimum atomic E-state index is -4.13. The smallest absolute Gasteiger partial charge is 0.264 e. The molecule has 0 aliphatic rings. The molecule has 1 unspecified atom stereocenters. The first-order valence-corrected chi connectivity index (χ1v) is 14.9. The van der Waals surface area contributed by atoms with Gasteiger partial charge >= 0.3 is 0 Å². The first-order chi connectivity index (χ1) is 19.1. The van der Waals surface area contributed by atoms with Crippen LogP contribution in [-0.2, 0) is 26.2 Å². The quantitative estimate of drug-likeness (QED) is 0.300. The van der Waals surface area contributed by atoms with Crippen LogP contribution < -0.4 is 14.4 Å². The van der Waals surface area contributed by atoms with Crippen LogP contribution in [0.3, 0.4) is 0 Å². The van der Waals surface area contributed by atoms with Gasteiger partial charge in [0.05, 0.1) is 17.7 Å². The van der Waals surface area contributed by atoms with E-state index in [-0.39, 0.29) is 29.0 Å². The monoisotopic (exact) mass is 585 g/mol. The second kappa shape index (κ2) is 14.2. The molecule has 0 radical (unpaired) electrons. The predicted octanol–water partition coefficient (Wildman–Crippen LogP) is 5.12. The van der Waals surface area contributed by atoms with Gasteiger partial charge in [-0.05, 0) is 66.4 Å². The summed E-state index contributed by atoms with van der Waals surface area (Å²) in [7, 11) is -2.56. The van der Waals surface area contributed by atoms with E-state index < -0.39 is 28.5 Å². The van der Waals surface area contributed by atoms with Crippen LogP contribution in [0.1, 0.15) is 32.8 Å². The summed E-state index contributed by atoms with van der Waals surface area (Å²) in [6, 6.07) is 20.5. The lowest BCUT2D eigenvalue weighted by Gasteiger charge is -2.33. The fourth-order valence-electron chi connectivity index (χ4n) is 4.13. The standard InChI is InChI=1S/C30H36ClN3O5S/c1-5-28(30(36)32-19-22(2)3)33(20-23-11-17-26(39-4)18-12-23)29(35)21-34(25-15-13-24(31)14-16-25)40(37,38)27-9-7-6-8-10-27/h6-18,22,28H,5,19-21H2,1-4H3,(H,32,36). The topological polar surface area (TPSA) is 96.0 Å². The number of sulfonamides is 1. The van der Waals surface area contributed by atoms with Crippen molar-refractivity contribution in [1.82, 2.24) is 10.2 Å². The van der Waals surface area contributed by atoms with E-state index in [0.717, 1.165) is 9.87 Å². The molecule has 8 nitrogen and oxygen atoms in total. The van der Waals surface area contributed by atoms with Crippen molar-refractivity contribution in [3.05, 3.63) is 89.4 Å². The Labute approximate surface area is 241 Å². The van der Waals surface area contributed by atoms with Crippen molar-refractivity contribution in [2.45, 2.75) is 44.7 Å². The molecule has 2 amide bonds. The maximum absolute atomic E-state index is 14.0. The number of hydrogen-bond acceptors (Lipinski definition) is 5. The summed E-state index contributed by atoms with van der Waals surface area (Å²) >= 11 is 6.07. The zero-order chi connectivity index (χ0) is 29.3. The number of rotatable bonds is 13. The molecule has 3 aromatic carbocycles. The number of ether oxygens (including phenoxy) is 1. The van der Waals surface area contributed by atoms with Gasteiger partial charge in [0.25, 0.3) is 10.0 Å². The van der Waals surface area contributed by atoms with Gasteiger partial charge in [0.2, 0.25) is 11.8 Å². The van der Waals surface area contributed by atoms with Crippen LogP contribution in [0.5, 0.6) is 5.75 Å². The van der Waals surface area contributed by atoms with E-state index in [0.29, 0.717) is 23.7 Å². The fraction of sp³-hybridized carbons (Fsp3) is 0.333. The molecule has 0 spiro atoms. The number of hydrogen-bond donors (Lipinski definition) is 1. The highest BCUT2D eigenvalue weighted by atomic mass is 35.5. The van der Waals surface area contributed by atoms with E-state index in [2.05, 4.69) is 5.32 Å². The third kappa shape index (κ3) is 7.99. The molecule has 0 aliphatic heterocycles. The van der Waals surface area contributed by atoms with Crippen LogP contribution in [-0.4, -0.2) is 51.4 Å². The lowest BCUT2D eigenvalue weighted by atomic mass is 10.1. The number of nitrogens with one attached hydrogen (secondary N) is 1. The van der Waals surface area contributed by atoms with Crippen molar-refractivity contribution in [2.24, 2.45) is 5.92 Å². The van der Waals surface area contributed by atoms with Gasteiger partial charge in [-0.2, -0.15) is 0 Å². The largest absolute Gasteiger partial charge is 0.497 e. The summed E-state index contributed by atoms with van der Waals surface area (Å²) in [5.41, 5.74) is 1.05. The number of anilines is 1. The van der Waals surface area contributed by atoms with Crippen LogP contribution in [0.25, 0.3) is 0 Å². The fourth-order valence-corrected chi connectivity index (χ4v) is 5.69. The van der Waals surface area contributed by atoms with E-state index in [1.165, 1.54) is 17.0 Å². The van der Waals surface area contributed by atoms with E-state index in [1.807, 2.05) is 32.9 Å².